The number of para-hydroxylation sites is 1. The van der Waals surface area contributed by atoms with Crippen molar-refractivity contribution in [3.63, 3.8) is 0 Å². The first-order valence-corrected chi connectivity index (χ1v) is 14.0. The lowest BCUT2D eigenvalue weighted by Crippen LogP contribution is -2.50. The van der Waals surface area contributed by atoms with E-state index in [0.29, 0.717) is 13.1 Å². The molecule has 2 rings (SSSR count). The minimum atomic E-state index is -1.14. The molecule has 0 atom stereocenters. The Labute approximate surface area is 249 Å². The number of nitrogens with one attached hydrogen (secondary N) is 2. The summed E-state index contributed by atoms with van der Waals surface area (Å²) in [4.78, 5) is 65.2. The fourth-order valence-electron chi connectivity index (χ4n) is 4.51. The normalized spacial score (nSPS) is 10.9. The van der Waals surface area contributed by atoms with Crippen LogP contribution in [0.2, 0.25) is 0 Å². The molecule has 0 spiro atoms. The van der Waals surface area contributed by atoms with Gasteiger partial charge in [-0.1, -0.05) is 18.2 Å². The first kappa shape index (κ1) is 35.1. The van der Waals surface area contributed by atoms with E-state index in [0.717, 1.165) is 31.3 Å². The molecule has 238 valence electrons. The SMILES string of the molecule is CNCc1cc2ccccc2n1CCC(=O)NCC(=O)N(CCO)CC(=O)N(CCO)CC(=O)N(CCO)CCC(=O)O. The average molecular weight is 607 g/mol. The molecule has 0 bridgehead atoms. The summed E-state index contributed by atoms with van der Waals surface area (Å²) in [6.07, 6.45) is -0.260. The molecular formula is C28H42N6O9. The number of nitrogens with zero attached hydrogens (tertiary/aromatic N) is 4. The lowest BCUT2D eigenvalue weighted by molar-refractivity contribution is -0.145. The number of carboxylic acid groups (broad SMARTS) is 1. The summed E-state index contributed by atoms with van der Waals surface area (Å²) < 4.78 is 2.03. The number of aryl methyl sites for hydroxylation is 1. The molecule has 0 unspecified atom stereocenters. The van der Waals surface area contributed by atoms with Gasteiger partial charge in [0.1, 0.15) is 0 Å². The number of hydrogen-bond acceptors (Lipinski definition) is 9. The van der Waals surface area contributed by atoms with Crippen LogP contribution >= 0.6 is 0 Å². The van der Waals surface area contributed by atoms with Gasteiger partial charge in [-0.2, -0.15) is 0 Å². The van der Waals surface area contributed by atoms with E-state index >= 15 is 0 Å². The van der Waals surface area contributed by atoms with E-state index in [9.17, 15) is 39.3 Å². The van der Waals surface area contributed by atoms with E-state index in [1.807, 2.05) is 41.9 Å². The lowest BCUT2D eigenvalue weighted by atomic mass is 10.2. The molecule has 0 saturated heterocycles. The molecule has 1 aromatic carbocycles. The number of fused-ring (bicyclic) bond motifs is 1. The number of benzene rings is 1. The van der Waals surface area contributed by atoms with E-state index < -0.39 is 63.1 Å². The fourth-order valence-corrected chi connectivity index (χ4v) is 4.51. The molecule has 1 heterocycles. The Balaban J connectivity index is 1.97. The van der Waals surface area contributed by atoms with E-state index in [1.165, 1.54) is 0 Å². The van der Waals surface area contributed by atoms with Gasteiger partial charge in [-0.3, -0.25) is 24.0 Å². The molecule has 6 N–H and O–H groups in total. The minimum absolute atomic E-state index is 0.0974. The van der Waals surface area contributed by atoms with Crippen LogP contribution in [0.5, 0.6) is 0 Å². The van der Waals surface area contributed by atoms with Crippen LogP contribution in [0, 0.1) is 0 Å². The van der Waals surface area contributed by atoms with Gasteiger partial charge in [0.2, 0.25) is 23.6 Å². The van der Waals surface area contributed by atoms with E-state index in [-0.39, 0.29) is 44.9 Å². The Morgan fingerprint density at radius 1 is 0.791 bits per heavy atom. The number of carboxylic acids is 1. The number of carbonyl (C=O) groups is 5. The predicted molar refractivity (Wildman–Crippen MR) is 156 cm³/mol. The van der Waals surface area contributed by atoms with E-state index in [4.69, 9.17) is 5.11 Å². The van der Waals surface area contributed by atoms with Gasteiger partial charge in [0.25, 0.3) is 0 Å². The summed E-state index contributed by atoms with van der Waals surface area (Å²) >= 11 is 0. The number of carbonyl (C=O) groups excluding carboxylic acids is 4. The highest BCUT2D eigenvalue weighted by Gasteiger charge is 2.25. The first-order chi connectivity index (χ1) is 20.6. The zero-order valence-electron chi connectivity index (χ0n) is 24.4. The van der Waals surface area contributed by atoms with Crippen molar-refractivity contribution in [3.05, 3.63) is 36.0 Å². The summed E-state index contributed by atoms with van der Waals surface area (Å²) in [5, 5.41) is 43.7. The number of aliphatic hydroxyl groups excluding tert-OH is 3. The topological polar surface area (TPSA) is 205 Å². The standard InChI is InChI=1S/C28H42N6O9/c1-29-17-22-16-21-4-2-3-5-23(21)34(22)9-6-24(38)30-18-25(39)32(11-14-36)20-27(41)33(12-15-37)19-26(40)31(10-13-35)8-7-28(42)43/h2-5,16,29,35-37H,6-15,17-20H2,1H3,(H,30,38)(H,42,43). The summed E-state index contributed by atoms with van der Waals surface area (Å²) in [5.74, 6) is -3.49. The van der Waals surface area contributed by atoms with Crippen LogP contribution in [0.3, 0.4) is 0 Å². The van der Waals surface area contributed by atoms with Gasteiger partial charge in [0.15, 0.2) is 0 Å². The van der Waals surface area contributed by atoms with Crippen LogP contribution in [-0.2, 0) is 37.1 Å². The molecule has 0 saturated carbocycles. The molecule has 0 radical (unpaired) electrons. The van der Waals surface area contributed by atoms with E-state index in [1.54, 1.807) is 0 Å². The summed E-state index contributed by atoms with van der Waals surface area (Å²) in [5.41, 5.74) is 1.99. The average Bonchev–Trinajstić information content (AvgIpc) is 3.33. The second-order valence-electron chi connectivity index (χ2n) is 9.73. The maximum atomic E-state index is 13.0. The number of aliphatic carboxylic acids is 1. The number of aromatic nitrogens is 1. The Hall–Kier alpha value is -4.05. The third-order valence-electron chi connectivity index (χ3n) is 6.67. The highest BCUT2D eigenvalue weighted by Crippen LogP contribution is 2.20. The van der Waals surface area contributed by atoms with Crippen molar-refractivity contribution in [1.82, 2.24) is 29.9 Å². The van der Waals surface area contributed by atoms with Crippen molar-refractivity contribution >= 4 is 40.5 Å². The predicted octanol–water partition coefficient (Wildman–Crippen LogP) is -2.20. The van der Waals surface area contributed by atoms with Crippen molar-refractivity contribution in [2.45, 2.75) is 25.9 Å². The quantitative estimate of drug-likeness (QED) is 0.0960. The van der Waals surface area contributed by atoms with Gasteiger partial charge >= 0.3 is 5.97 Å². The van der Waals surface area contributed by atoms with Crippen LogP contribution in [0.4, 0.5) is 0 Å². The zero-order valence-corrected chi connectivity index (χ0v) is 24.4. The minimum Gasteiger partial charge on any atom is -0.481 e. The van der Waals surface area contributed by atoms with E-state index in [2.05, 4.69) is 10.6 Å². The Kier molecular flexibility index (Phi) is 15.1. The Bertz CT molecular complexity index is 1230. The van der Waals surface area contributed by atoms with Crippen LogP contribution in [-0.4, -0.2) is 142 Å². The smallest absolute Gasteiger partial charge is 0.305 e. The molecule has 2 aromatic rings. The molecule has 0 aliphatic carbocycles. The third-order valence-corrected chi connectivity index (χ3v) is 6.67. The molecule has 1 aromatic heterocycles. The van der Waals surface area contributed by atoms with Gasteiger partial charge in [-0.05, 0) is 24.6 Å². The van der Waals surface area contributed by atoms with Crippen LogP contribution in [0.25, 0.3) is 10.9 Å². The molecule has 0 fully saturated rings. The van der Waals surface area contributed by atoms with Crippen molar-refractivity contribution in [1.29, 1.82) is 0 Å². The van der Waals surface area contributed by atoms with Crippen molar-refractivity contribution in [2.24, 2.45) is 0 Å². The monoisotopic (exact) mass is 606 g/mol. The highest BCUT2D eigenvalue weighted by molar-refractivity contribution is 5.90. The number of rotatable bonds is 20. The summed E-state index contributed by atoms with van der Waals surface area (Å²) in [6.45, 7) is -2.58. The number of hydrogen-bond donors (Lipinski definition) is 6. The van der Waals surface area contributed by atoms with Gasteiger partial charge in [0, 0.05) is 56.9 Å². The van der Waals surface area contributed by atoms with Crippen molar-refractivity contribution in [3.8, 4) is 0 Å². The van der Waals surface area contributed by atoms with Crippen molar-refractivity contribution in [2.75, 3.05) is 72.7 Å². The molecular weight excluding hydrogens is 564 g/mol. The second-order valence-corrected chi connectivity index (χ2v) is 9.73. The summed E-state index contributed by atoms with van der Waals surface area (Å²) in [7, 11) is 1.83. The van der Waals surface area contributed by atoms with Gasteiger partial charge in [-0.25, -0.2) is 0 Å². The second kappa shape index (κ2) is 18.5. The van der Waals surface area contributed by atoms with Crippen LogP contribution < -0.4 is 10.6 Å². The molecule has 0 aliphatic heterocycles. The number of amides is 4. The Morgan fingerprint density at radius 3 is 1.98 bits per heavy atom. The number of aliphatic hydroxyl groups is 3. The van der Waals surface area contributed by atoms with Gasteiger partial charge < -0.3 is 50.3 Å². The Morgan fingerprint density at radius 2 is 1.37 bits per heavy atom. The van der Waals surface area contributed by atoms with Gasteiger partial charge in [-0.15, -0.1) is 0 Å². The highest BCUT2D eigenvalue weighted by atomic mass is 16.4. The molecule has 15 heteroatoms. The van der Waals surface area contributed by atoms with Crippen LogP contribution in [0.1, 0.15) is 18.5 Å². The van der Waals surface area contributed by atoms with Crippen molar-refractivity contribution < 1.29 is 44.4 Å². The summed E-state index contributed by atoms with van der Waals surface area (Å²) in [6, 6.07) is 9.85. The largest absolute Gasteiger partial charge is 0.481 e. The zero-order chi connectivity index (χ0) is 31.8. The molecule has 0 aliphatic rings. The molecule has 4 amide bonds. The van der Waals surface area contributed by atoms with Crippen LogP contribution in [0.15, 0.2) is 30.3 Å². The van der Waals surface area contributed by atoms with Gasteiger partial charge in [0.05, 0.1) is 45.9 Å². The third kappa shape index (κ3) is 11.3. The molecule has 15 nitrogen and oxygen atoms in total. The molecule has 43 heavy (non-hydrogen) atoms. The fraction of sp³-hybridized carbons (Fsp3) is 0.536. The maximum Gasteiger partial charge on any atom is 0.305 e. The first-order valence-electron chi connectivity index (χ1n) is 14.0. The lowest BCUT2D eigenvalue weighted by Gasteiger charge is -2.29. The maximum absolute atomic E-state index is 13.0.